The molecule has 0 amide bonds. The second kappa shape index (κ2) is 6.05. The van der Waals surface area contributed by atoms with Crippen LogP contribution >= 0.6 is 0 Å². The van der Waals surface area contributed by atoms with Crippen LogP contribution in [0.3, 0.4) is 0 Å². The molecule has 118 valence electrons. The Morgan fingerprint density at radius 3 is 2.52 bits per heavy atom. The van der Waals surface area contributed by atoms with Crippen LogP contribution in [0.5, 0.6) is 0 Å². The van der Waals surface area contributed by atoms with Crippen LogP contribution in [0.1, 0.15) is 58.2 Å². The number of hydrogen-bond acceptors (Lipinski definition) is 5. The molecule has 0 unspecified atom stereocenters. The van der Waals surface area contributed by atoms with Crippen molar-refractivity contribution in [2.45, 2.75) is 64.5 Å². The van der Waals surface area contributed by atoms with Crippen molar-refractivity contribution in [2.24, 2.45) is 0 Å². The normalized spacial score (nSPS) is 25.0. The van der Waals surface area contributed by atoms with Crippen LogP contribution in [0, 0.1) is 0 Å². The van der Waals surface area contributed by atoms with Gasteiger partial charge in [-0.15, -0.1) is 10.2 Å². The minimum atomic E-state index is -0.0643. The molecule has 2 aliphatic rings. The van der Waals surface area contributed by atoms with Crippen LogP contribution in [0.15, 0.2) is 4.42 Å². The lowest BCUT2D eigenvalue weighted by molar-refractivity contribution is 0.171. The average molecular weight is 292 g/mol. The Morgan fingerprint density at radius 2 is 1.86 bits per heavy atom. The Morgan fingerprint density at radius 1 is 1.10 bits per heavy atom. The van der Waals surface area contributed by atoms with E-state index in [0.717, 1.165) is 24.9 Å². The largest absolute Gasteiger partial charge is 0.423 e. The molecular formula is C16H28N4O. The van der Waals surface area contributed by atoms with Crippen molar-refractivity contribution in [1.82, 2.24) is 20.0 Å². The van der Waals surface area contributed by atoms with Gasteiger partial charge in [-0.3, -0.25) is 4.90 Å². The van der Waals surface area contributed by atoms with Crippen molar-refractivity contribution in [3.05, 3.63) is 11.8 Å². The first-order chi connectivity index (χ1) is 10.0. The summed E-state index contributed by atoms with van der Waals surface area (Å²) in [6.45, 7) is 12.1. The molecule has 0 aliphatic carbocycles. The van der Waals surface area contributed by atoms with Gasteiger partial charge in [-0.25, -0.2) is 0 Å². The van der Waals surface area contributed by atoms with Crippen molar-refractivity contribution in [3.8, 4) is 0 Å². The van der Waals surface area contributed by atoms with Gasteiger partial charge in [0.2, 0.25) is 11.8 Å². The molecule has 2 aliphatic heterocycles. The molecule has 5 heteroatoms. The second-order valence-corrected chi connectivity index (χ2v) is 7.53. The van der Waals surface area contributed by atoms with E-state index in [0.29, 0.717) is 6.04 Å². The van der Waals surface area contributed by atoms with E-state index in [9.17, 15) is 0 Å². The highest BCUT2D eigenvalue weighted by molar-refractivity contribution is 4.96. The molecule has 0 aromatic carbocycles. The second-order valence-electron chi connectivity index (χ2n) is 7.53. The molecule has 1 aromatic heterocycles. The zero-order valence-corrected chi connectivity index (χ0v) is 13.6. The molecule has 3 heterocycles. The number of hydrogen-bond donors (Lipinski definition) is 0. The fourth-order valence-corrected chi connectivity index (χ4v) is 3.37. The van der Waals surface area contributed by atoms with Gasteiger partial charge < -0.3 is 9.32 Å². The third-order valence-electron chi connectivity index (χ3n) is 4.61. The Bertz CT molecular complexity index is 459. The van der Waals surface area contributed by atoms with Crippen LogP contribution < -0.4 is 0 Å². The quantitative estimate of drug-likeness (QED) is 0.853. The minimum Gasteiger partial charge on any atom is -0.423 e. The van der Waals surface area contributed by atoms with Gasteiger partial charge in [-0.1, -0.05) is 20.8 Å². The predicted octanol–water partition coefficient (Wildman–Crippen LogP) is 2.43. The maximum absolute atomic E-state index is 5.85. The zero-order chi connectivity index (χ0) is 14.9. The number of aromatic nitrogens is 2. The number of rotatable bonds is 4. The topological polar surface area (TPSA) is 45.4 Å². The molecule has 1 atom stereocenters. The van der Waals surface area contributed by atoms with Gasteiger partial charge in [0.15, 0.2) is 0 Å². The summed E-state index contributed by atoms with van der Waals surface area (Å²) >= 11 is 0. The molecule has 1 aromatic rings. The summed E-state index contributed by atoms with van der Waals surface area (Å²) in [5.41, 5.74) is -0.0643. The van der Waals surface area contributed by atoms with Crippen molar-refractivity contribution in [1.29, 1.82) is 0 Å². The van der Waals surface area contributed by atoms with Crippen LogP contribution in [0.25, 0.3) is 0 Å². The van der Waals surface area contributed by atoms with Crippen LogP contribution in [-0.2, 0) is 12.0 Å². The smallest absolute Gasteiger partial charge is 0.230 e. The highest BCUT2D eigenvalue weighted by Crippen LogP contribution is 2.24. The molecule has 2 fully saturated rings. The lowest BCUT2D eigenvalue weighted by atomic mass is 9.97. The summed E-state index contributed by atoms with van der Waals surface area (Å²) in [5, 5.41) is 8.44. The molecule has 2 saturated heterocycles. The number of nitrogens with zero attached hydrogens (tertiary/aromatic N) is 4. The van der Waals surface area contributed by atoms with Crippen LogP contribution in [0.2, 0.25) is 0 Å². The van der Waals surface area contributed by atoms with Crippen molar-refractivity contribution < 1.29 is 4.42 Å². The molecule has 0 N–H and O–H groups in total. The van der Waals surface area contributed by atoms with Crippen molar-refractivity contribution >= 4 is 0 Å². The summed E-state index contributed by atoms with van der Waals surface area (Å²) in [7, 11) is 0. The molecule has 0 saturated carbocycles. The van der Waals surface area contributed by atoms with E-state index < -0.39 is 0 Å². The van der Waals surface area contributed by atoms with Crippen molar-refractivity contribution in [3.63, 3.8) is 0 Å². The predicted molar refractivity (Wildman–Crippen MR) is 82.1 cm³/mol. The first-order valence-electron chi connectivity index (χ1n) is 8.31. The Kier molecular flexibility index (Phi) is 4.31. The first-order valence-corrected chi connectivity index (χ1v) is 8.31. The zero-order valence-electron chi connectivity index (χ0n) is 13.6. The minimum absolute atomic E-state index is 0.0643. The van der Waals surface area contributed by atoms with Gasteiger partial charge in [0.25, 0.3) is 0 Å². The Balaban J connectivity index is 1.59. The van der Waals surface area contributed by atoms with Gasteiger partial charge in [-0.2, -0.15) is 0 Å². The SMILES string of the molecule is CC(C)(C)c1nnc(CN2CCC[C@H]2CN2CCCC2)o1. The molecular weight excluding hydrogens is 264 g/mol. The molecule has 5 nitrogen and oxygen atoms in total. The summed E-state index contributed by atoms with van der Waals surface area (Å²) in [6, 6.07) is 0.660. The Hall–Kier alpha value is -0.940. The van der Waals surface area contributed by atoms with Crippen molar-refractivity contribution in [2.75, 3.05) is 26.2 Å². The first kappa shape index (κ1) is 15.0. The summed E-state index contributed by atoms with van der Waals surface area (Å²) < 4.78 is 5.85. The Labute approximate surface area is 127 Å². The van der Waals surface area contributed by atoms with E-state index >= 15 is 0 Å². The monoisotopic (exact) mass is 292 g/mol. The molecule has 21 heavy (non-hydrogen) atoms. The van der Waals surface area contributed by atoms with Gasteiger partial charge >= 0.3 is 0 Å². The highest BCUT2D eigenvalue weighted by atomic mass is 16.4. The van der Waals surface area contributed by atoms with Gasteiger partial charge in [0, 0.05) is 18.0 Å². The lowest BCUT2D eigenvalue weighted by Gasteiger charge is -2.27. The van der Waals surface area contributed by atoms with E-state index in [1.54, 1.807) is 0 Å². The maximum atomic E-state index is 5.85. The summed E-state index contributed by atoms with van der Waals surface area (Å²) in [5.74, 6) is 1.51. The van der Waals surface area contributed by atoms with Crippen LogP contribution in [0.4, 0.5) is 0 Å². The number of likely N-dealkylation sites (tertiary alicyclic amines) is 2. The molecule has 0 radical (unpaired) electrons. The third-order valence-corrected chi connectivity index (χ3v) is 4.61. The van der Waals surface area contributed by atoms with Gasteiger partial charge in [0.05, 0.1) is 6.54 Å². The lowest BCUT2D eigenvalue weighted by Crippen LogP contribution is -2.39. The van der Waals surface area contributed by atoms with E-state index in [1.165, 1.54) is 45.3 Å². The third kappa shape index (κ3) is 3.64. The fraction of sp³-hybridized carbons (Fsp3) is 0.875. The highest BCUT2D eigenvalue weighted by Gasteiger charge is 2.29. The molecule has 0 spiro atoms. The average Bonchev–Trinajstić information content (AvgIpc) is 3.12. The van der Waals surface area contributed by atoms with Gasteiger partial charge in [-0.05, 0) is 45.3 Å². The van der Waals surface area contributed by atoms with E-state index in [-0.39, 0.29) is 5.41 Å². The van der Waals surface area contributed by atoms with E-state index in [4.69, 9.17) is 4.42 Å². The summed E-state index contributed by atoms with van der Waals surface area (Å²) in [6.07, 6.45) is 5.33. The standard InChI is InChI=1S/C16H28N4O/c1-16(2,3)15-18-17-14(21-15)12-20-10-6-7-13(20)11-19-8-4-5-9-19/h13H,4-12H2,1-3H3/t13-/m0/s1. The summed E-state index contributed by atoms with van der Waals surface area (Å²) in [4.78, 5) is 5.13. The van der Waals surface area contributed by atoms with E-state index in [2.05, 4.69) is 40.8 Å². The van der Waals surface area contributed by atoms with Crippen LogP contribution in [-0.4, -0.2) is 52.2 Å². The fourth-order valence-electron chi connectivity index (χ4n) is 3.37. The molecule has 0 bridgehead atoms. The maximum Gasteiger partial charge on any atom is 0.230 e. The van der Waals surface area contributed by atoms with Gasteiger partial charge in [0.1, 0.15) is 0 Å². The van der Waals surface area contributed by atoms with E-state index in [1.807, 2.05) is 0 Å². The molecule has 3 rings (SSSR count).